The van der Waals surface area contributed by atoms with Crippen LogP contribution in [-0.2, 0) is 21.4 Å². The fourth-order valence-electron chi connectivity index (χ4n) is 3.28. The highest BCUT2D eigenvalue weighted by atomic mass is 35.5. The van der Waals surface area contributed by atoms with Crippen LogP contribution in [0.3, 0.4) is 0 Å². The lowest BCUT2D eigenvalue weighted by atomic mass is 10.2. The number of hydrogen-bond donors (Lipinski definition) is 1. The van der Waals surface area contributed by atoms with Crippen molar-refractivity contribution in [2.24, 2.45) is 0 Å². The van der Waals surface area contributed by atoms with Gasteiger partial charge in [0.15, 0.2) is 11.5 Å². The van der Waals surface area contributed by atoms with Gasteiger partial charge in [0.05, 0.1) is 31.9 Å². The lowest BCUT2D eigenvalue weighted by Gasteiger charge is -2.26. The Balaban J connectivity index is 2.01. The van der Waals surface area contributed by atoms with Crippen LogP contribution in [0.4, 0.5) is 10.1 Å². The Kier molecular flexibility index (Phi) is 8.42. The minimum Gasteiger partial charge on any atom is -0.495 e. The summed E-state index contributed by atoms with van der Waals surface area (Å²) in [6.45, 7) is -0.746. The molecule has 11 heteroatoms. The third-order valence-electron chi connectivity index (χ3n) is 5.07. The van der Waals surface area contributed by atoms with Crippen LogP contribution in [0.2, 0.25) is 5.02 Å². The minimum absolute atomic E-state index is 0.0517. The smallest absolute Gasteiger partial charge is 0.265 e. The molecule has 0 aromatic heterocycles. The summed E-state index contributed by atoms with van der Waals surface area (Å²) in [6, 6.07) is 14.4. The summed E-state index contributed by atoms with van der Waals surface area (Å²) in [6.07, 6.45) is 0. The fourth-order valence-corrected chi connectivity index (χ4v) is 4.89. The van der Waals surface area contributed by atoms with Crippen LogP contribution in [0.5, 0.6) is 17.2 Å². The van der Waals surface area contributed by atoms with Crippen molar-refractivity contribution in [1.82, 2.24) is 5.32 Å². The number of nitrogens with zero attached hydrogens (tertiary/aromatic N) is 1. The maximum absolute atomic E-state index is 13.9. The number of benzene rings is 3. The number of amides is 1. The van der Waals surface area contributed by atoms with Gasteiger partial charge in [0.2, 0.25) is 5.91 Å². The van der Waals surface area contributed by atoms with Crippen molar-refractivity contribution in [3.8, 4) is 17.2 Å². The van der Waals surface area contributed by atoms with Gasteiger partial charge in [-0.05, 0) is 36.4 Å². The Morgan fingerprint density at radius 1 is 0.943 bits per heavy atom. The first-order valence-electron chi connectivity index (χ1n) is 10.3. The summed E-state index contributed by atoms with van der Waals surface area (Å²) in [7, 11) is -0.153. The molecular weight excluding hydrogens is 499 g/mol. The second-order valence-corrected chi connectivity index (χ2v) is 9.51. The van der Waals surface area contributed by atoms with Crippen molar-refractivity contribution in [3.05, 3.63) is 77.1 Å². The van der Waals surface area contributed by atoms with Crippen LogP contribution in [0.25, 0.3) is 0 Å². The molecule has 1 amide bonds. The maximum atomic E-state index is 13.9. The van der Waals surface area contributed by atoms with Gasteiger partial charge in [-0.3, -0.25) is 9.10 Å². The summed E-state index contributed by atoms with van der Waals surface area (Å²) >= 11 is 6.14. The zero-order valence-electron chi connectivity index (χ0n) is 19.2. The van der Waals surface area contributed by atoms with Crippen LogP contribution >= 0.6 is 11.6 Å². The number of halogens is 2. The Hall–Kier alpha value is -3.50. The lowest BCUT2D eigenvalue weighted by molar-refractivity contribution is -0.119. The van der Waals surface area contributed by atoms with Crippen molar-refractivity contribution >= 4 is 33.2 Å². The normalized spacial score (nSPS) is 11.0. The maximum Gasteiger partial charge on any atom is 0.265 e. The van der Waals surface area contributed by atoms with Gasteiger partial charge in [0, 0.05) is 23.2 Å². The van der Waals surface area contributed by atoms with E-state index in [1.807, 2.05) is 0 Å². The van der Waals surface area contributed by atoms with Gasteiger partial charge in [-0.1, -0.05) is 29.8 Å². The summed E-state index contributed by atoms with van der Waals surface area (Å²) in [5.41, 5.74) is 0.311. The van der Waals surface area contributed by atoms with Crippen LogP contribution in [-0.4, -0.2) is 42.2 Å². The van der Waals surface area contributed by atoms with Crippen molar-refractivity contribution in [2.75, 3.05) is 32.2 Å². The van der Waals surface area contributed by atoms with E-state index in [0.29, 0.717) is 5.75 Å². The van der Waals surface area contributed by atoms with Crippen LogP contribution in [0, 0.1) is 5.82 Å². The van der Waals surface area contributed by atoms with Gasteiger partial charge in [-0.15, -0.1) is 0 Å². The highest BCUT2D eigenvalue weighted by Crippen LogP contribution is 2.36. The van der Waals surface area contributed by atoms with E-state index in [0.717, 1.165) is 4.31 Å². The number of rotatable bonds is 10. The predicted octanol–water partition coefficient (Wildman–Crippen LogP) is 4.02. The second-order valence-electron chi connectivity index (χ2n) is 7.21. The number of carbonyl (C=O) groups is 1. The number of hydrogen-bond acceptors (Lipinski definition) is 6. The molecule has 0 spiro atoms. The largest absolute Gasteiger partial charge is 0.495 e. The summed E-state index contributed by atoms with van der Waals surface area (Å²) in [5.74, 6) is -0.449. The monoisotopic (exact) mass is 522 g/mol. The molecule has 8 nitrogen and oxygen atoms in total. The minimum atomic E-state index is -4.32. The molecule has 0 saturated heterocycles. The fraction of sp³-hybridized carbons (Fsp3) is 0.208. The van der Waals surface area contributed by atoms with E-state index in [1.165, 1.54) is 75.9 Å². The Labute approximate surface area is 208 Å². The summed E-state index contributed by atoms with van der Waals surface area (Å²) < 4.78 is 58.0. The number of ether oxygens (including phenoxy) is 3. The highest BCUT2D eigenvalue weighted by molar-refractivity contribution is 7.92. The van der Waals surface area contributed by atoms with Gasteiger partial charge in [0.25, 0.3) is 10.0 Å². The van der Waals surface area contributed by atoms with Gasteiger partial charge in [-0.25, -0.2) is 12.8 Å². The zero-order valence-corrected chi connectivity index (χ0v) is 20.8. The number of methoxy groups -OCH3 is 3. The molecule has 0 heterocycles. The summed E-state index contributed by atoms with van der Waals surface area (Å²) in [4.78, 5) is 12.7. The topological polar surface area (TPSA) is 94.2 Å². The quantitative estimate of drug-likeness (QED) is 0.432. The number of sulfonamides is 1. The van der Waals surface area contributed by atoms with Crippen molar-refractivity contribution < 1.29 is 31.8 Å². The van der Waals surface area contributed by atoms with Gasteiger partial charge in [-0.2, -0.15) is 0 Å². The molecule has 3 rings (SSSR count). The molecule has 1 N–H and O–H groups in total. The van der Waals surface area contributed by atoms with Crippen molar-refractivity contribution in [2.45, 2.75) is 11.4 Å². The Morgan fingerprint density at radius 2 is 1.60 bits per heavy atom. The molecule has 0 atom stereocenters. The molecular formula is C24H24ClFN2O6S. The average molecular weight is 523 g/mol. The number of anilines is 1. The van der Waals surface area contributed by atoms with E-state index < -0.39 is 28.3 Å². The van der Waals surface area contributed by atoms with E-state index in [4.69, 9.17) is 25.8 Å². The van der Waals surface area contributed by atoms with Crippen molar-refractivity contribution in [1.29, 1.82) is 0 Å². The Bertz CT molecular complexity index is 1320. The van der Waals surface area contributed by atoms with Gasteiger partial charge < -0.3 is 19.5 Å². The molecule has 35 heavy (non-hydrogen) atoms. The summed E-state index contributed by atoms with van der Waals surface area (Å²) in [5, 5.41) is 2.79. The standard InChI is InChI=1S/C24H24ClFN2O6S/c1-32-21-10-8-17(25)12-20(21)28(15-24(29)27-14-16-6-4-5-7-19(16)26)35(30,31)18-9-11-22(33-2)23(13-18)34-3/h4-13H,14-15H2,1-3H3,(H,27,29). The average Bonchev–Trinajstić information content (AvgIpc) is 2.86. The third-order valence-corrected chi connectivity index (χ3v) is 7.06. The van der Waals surface area contributed by atoms with Gasteiger partial charge >= 0.3 is 0 Å². The lowest BCUT2D eigenvalue weighted by Crippen LogP contribution is -2.41. The molecule has 0 aliphatic carbocycles. The van der Waals surface area contributed by atoms with Crippen LogP contribution in [0.15, 0.2) is 65.6 Å². The zero-order chi connectivity index (χ0) is 25.6. The first-order chi connectivity index (χ1) is 16.7. The van der Waals surface area contributed by atoms with Crippen LogP contribution in [0.1, 0.15) is 5.56 Å². The third kappa shape index (κ3) is 5.95. The van der Waals surface area contributed by atoms with Crippen molar-refractivity contribution in [3.63, 3.8) is 0 Å². The molecule has 3 aromatic carbocycles. The van der Waals surface area contributed by atoms with E-state index in [2.05, 4.69) is 5.32 Å². The molecule has 0 aliphatic rings. The molecule has 186 valence electrons. The first kappa shape index (κ1) is 26.1. The second kappa shape index (κ2) is 11.3. The highest BCUT2D eigenvalue weighted by Gasteiger charge is 2.30. The molecule has 0 aliphatic heterocycles. The van der Waals surface area contributed by atoms with E-state index in [-0.39, 0.29) is 39.2 Å². The van der Waals surface area contributed by atoms with E-state index in [1.54, 1.807) is 6.07 Å². The Morgan fingerprint density at radius 3 is 2.26 bits per heavy atom. The molecule has 0 bridgehead atoms. The molecule has 0 saturated carbocycles. The molecule has 0 fully saturated rings. The van der Waals surface area contributed by atoms with Crippen LogP contribution < -0.4 is 23.8 Å². The van der Waals surface area contributed by atoms with Gasteiger partial charge in [0.1, 0.15) is 18.1 Å². The van der Waals surface area contributed by atoms with E-state index in [9.17, 15) is 17.6 Å². The predicted molar refractivity (Wildman–Crippen MR) is 130 cm³/mol. The first-order valence-corrected chi connectivity index (χ1v) is 12.1. The van der Waals surface area contributed by atoms with E-state index >= 15 is 0 Å². The molecule has 0 radical (unpaired) electrons. The number of carbonyl (C=O) groups excluding carboxylic acids is 1. The SMILES string of the molecule is COc1ccc(S(=O)(=O)N(CC(=O)NCc2ccccc2F)c2cc(Cl)ccc2OC)cc1OC. The molecule has 3 aromatic rings. The molecule has 0 unspecified atom stereocenters. The number of nitrogens with one attached hydrogen (secondary N) is 1.